The minimum atomic E-state index is -0.415. The number of nitrogens with zero attached hydrogens (tertiary/aromatic N) is 3. The van der Waals surface area contributed by atoms with Crippen LogP contribution in [0.15, 0.2) is 29.4 Å². The Bertz CT molecular complexity index is 513. The number of hydrogen-bond donors (Lipinski definition) is 2. The normalized spacial score (nSPS) is 17.2. The highest BCUT2D eigenvalue weighted by atomic mass is 19.1. The summed E-state index contributed by atoms with van der Waals surface area (Å²) in [6.45, 7) is 2.72. The summed E-state index contributed by atoms with van der Waals surface area (Å²) in [5.74, 6) is -0.440. The zero-order valence-corrected chi connectivity index (χ0v) is 11.0. The number of carbonyl (C=O) groups is 1. The minimum absolute atomic E-state index is 0.148. The fraction of sp³-hybridized carbons (Fsp3) is 0.385. The van der Waals surface area contributed by atoms with Gasteiger partial charge in [-0.15, -0.1) is 0 Å². The van der Waals surface area contributed by atoms with Crippen molar-refractivity contribution in [1.82, 2.24) is 9.80 Å². The molecule has 0 bridgehead atoms. The number of benzene rings is 1. The SMILES string of the molecule is NC(CN1CCN(C(=O)c2cccc(F)c2)CC1)=NO. The predicted octanol–water partition coefficient (Wildman–Crippen LogP) is 0.330. The largest absolute Gasteiger partial charge is 0.409 e. The van der Waals surface area contributed by atoms with E-state index in [4.69, 9.17) is 10.9 Å². The van der Waals surface area contributed by atoms with Crippen molar-refractivity contribution in [2.24, 2.45) is 10.9 Å². The van der Waals surface area contributed by atoms with Gasteiger partial charge in [0.15, 0.2) is 5.84 Å². The third-order valence-corrected chi connectivity index (χ3v) is 3.25. The van der Waals surface area contributed by atoms with Gasteiger partial charge in [0.25, 0.3) is 5.91 Å². The molecule has 0 spiro atoms. The Morgan fingerprint density at radius 3 is 2.65 bits per heavy atom. The predicted molar refractivity (Wildman–Crippen MR) is 72.2 cm³/mol. The quantitative estimate of drug-likeness (QED) is 0.362. The first-order chi connectivity index (χ1) is 9.60. The van der Waals surface area contributed by atoms with Crippen LogP contribution in [0.2, 0.25) is 0 Å². The Kier molecular flexibility index (Phi) is 4.52. The van der Waals surface area contributed by atoms with Crippen LogP contribution in [0.5, 0.6) is 0 Å². The van der Waals surface area contributed by atoms with E-state index in [0.717, 1.165) is 0 Å². The molecule has 20 heavy (non-hydrogen) atoms. The standard InChI is InChI=1S/C13H17FN4O2/c14-11-3-1-2-10(8-11)13(19)18-6-4-17(5-7-18)9-12(15)16-20/h1-3,8,20H,4-7,9H2,(H2,15,16). The molecule has 0 saturated carbocycles. The lowest BCUT2D eigenvalue weighted by molar-refractivity contribution is 0.0652. The lowest BCUT2D eigenvalue weighted by atomic mass is 10.1. The third kappa shape index (κ3) is 3.45. The van der Waals surface area contributed by atoms with Crippen LogP contribution >= 0.6 is 0 Å². The number of oxime groups is 1. The van der Waals surface area contributed by atoms with E-state index in [2.05, 4.69) is 5.16 Å². The first kappa shape index (κ1) is 14.3. The number of hydrogen-bond acceptors (Lipinski definition) is 4. The summed E-state index contributed by atoms with van der Waals surface area (Å²) < 4.78 is 13.1. The second-order valence-electron chi connectivity index (χ2n) is 4.67. The average molecular weight is 280 g/mol. The van der Waals surface area contributed by atoms with Crippen LogP contribution in [-0.2, 0) is 0 Å². The maximum Gasteiger partial charge on any atom is 0.254 e. The van der Waals surface area contributed by atoms with Crippen LogP contribution in [0.4, 0.5) is 4.39 Å². The number of amidine groups is 1. The lowest BCUT2D eigenvalue weighted by Crippen LogP contribution is -2.50. The lowest BCUT2D eigenvalue weighted by Gasteiger charge is -2.34. The van der Waals surface area contributed by atoms with Crippen LogP contribution in [0, 0.1) is 5.82 Å². The van der Waals surface area contributed by atoms with Gasteiger partial charge in [0.05, 0.1) is 6.54 Å². The second-order valence-corrected chi connectivity index (χ2v) is 4.67. The highest BCUT2D eigenvalue weighted by Crippen LogP contribution is 2.10. The summed E-state index contributed by atoms with van der Waals surface area (Å²) in [6, 6.07) is 5.68. The molecule has 0 unspecified atom stereocenters. The van der Waals surface area contributed by atoms with Crippen LogP contribution in [0.25, 0.3) is 0 Å². The first-order valence-corrected chi connectivity index (χ1v) is 6.34. The molecule has 7 heteroatoms. The molecule has 1 aliphatic heterocycles. The van der Waals surface area contributed by atoms with Gasteiger partial charge in [-0.25, -0.2) is 4.39 Å². The molecule has 1 aromatic carbocycles. The van der Waals surface area contributed by atoms with Crippen molar-refractivity contribution in [2.45, 2.75) is 0 Å². The average Bonchev–Trinajstić information content (AvgIpc) is 2.47. The van der Waals surface area contributed by atoms with Crippen molar-refractivity contribution < 1.29 is 14.4 Å². The van der Waals surface area contributed by atoms with E-state index in [1.807, 2.05) is 4.90 Å². The zero-order chi connectivity index (χ0) is 14.5. The number of amides is 1. The molecule has 1 heterocycles. The maximum atomic E-state index is 13.1. The Morgan fingerprint density at radius 1 is 1.35 bits per heavy atom. The molecule has 0 aromatic heterocycles. The van der Waals surface area contributed by atoms with Gasteiger partial charge in [-0.05, 0) is 18.2 Å². The van der Waals surface area contributed by atoms with Crippen molar-refractivity contribution >= 4 is 11.7 Å². The van der Waals surface area contributed by atoms with Gasteiger partial charge in [-0.3, -0.25) is 9.69 Å². The molecule has 6 nitrogen and oxygen atoms in total. The summed E-state index contributed by atoms with van der Waals surface area (Å²) in [5.41, 5.74) is 5.80. The molecule has 1 fully saturated rings. The van der Waals surface area contributed by atoms with Crippen LogP contribution in [-0.4, -0.2) is 59.5 Å². The molecule has 1 aromatic rings. The minimum Gasteiger partial charge on any atom is -0.409 e. The van der Waals surface area contributed by atoms with E-state index in [0.29, 0.717) is 38.3 Å². The molecule has 0 radical (unpaired) electrons. The molecule has 1 saturated heterocycles. The molecule has 3 N–H and O–H groups in total. The van der Waals surface area contributed by atoms with Crippen LogP contribution in [0.3, 0.4) is 0 Å². The molecule has 1 amide bonds. The van der Waals surface area contributed by atoms with Gasteiger partial charge in [0, 0.05) is 31.7 Å². The van der Waals surface area contributed by atoms with Gasteiger partial charge in [0.1, 0.15) is 5.82 Å². The third-order valence-electron chi connectivity index (χ3n) is 3.25. The van der Waals surface area contributed by atoms with Crippen molar-refractivity contribution in [3.8, 4) is 0 Å². The topological polar surface area (TPSA) is 82.2 Å². The molecule has 0 aliphatic carbocycles. The van der Waals surface area contributed by atoms with Gasteiger partial charge in [0.2, 0.25) is 0 Å². The van der Waals surface area contributed by atoms with Gasteiger partial charge < -0.3 is 15.8 Å². The van der Waals surface area contributed by atoms with Crippen molar-refractivity contribution in [1.29, 1.82) is 0 Å². The van der Waals surface area contributed by atoms with Crippen molar-refractivity contribution in [3.05, 3.63) is 35.6 Å². The number of rotatable bonds is 3. The number of nitrogens with two attached hydrogens (primary N) is 1. The summed E-state index contributed by atoms with van der Waals surface area (Å²) in [7, 11) is 0. The molecule has 108 valence electrons. The van der Waals surface area contributed by atoms with Crippen LogP contribution < -0.4 is 5.73 Å². The van der Waals surface area contributed by atoms with E-state index in [-0.39, 0.29) is 11.7 Å². The smallest absolute Gasteiger partial charge is 0.254 e. The number of piperazine rings is 1. The Balaban J connectivity index is 1.92. The van der Waals surface area contributed by atoms with Gasteiger partial charge in [-0.2, -0.15) is 0 Å². The van der Waals surface area contributed by atoms with E-state index < -0.39 is 5.82 Å². The molecule has 0 atom stereocenters. The highest BCUT2D eigenvalue weighted by Gasteiger charge is 2.22. The van der Waals surface area contributed by atoms with Crippen molar-refractivity contribution in [3.63, 3.8) is 0 Å². The summed E-state index contributed by atoms with van der Waals surface area (Å²) >= 11 is 0. The molecule has 2 rings (SSSR count). The highest BCUT2D eigenvalue weighted by molar-refractivity contribution is 5.94. The number of carbonyl (C=O) groups excluding carboxylic acids is 1. The molecular formula is C13H17FN4O2. The Hall–Kier alpha value is -2.15. The van der Waals surface area contributed by atoms with E-state index in [9.17, 15) is 9.18 Å². The van der Waals surface area contributed by atoms with Crippen LogP contribution in [0.1, 0.15) is 10.4 Å². The van der Waals surface area contributed by atoms with E-state index >= 15 is 0 Å². The maximum absolute atomic E-state index is 13.1. The molecular weight excluding hydrogens is 263 g/mol. The van der Waals surface area contributed by atoms with E-state index in [1.165, 1.54) is 18.2 Å². The van der Waals surface area contributed by atoms with E-state index in [1.54, 1.807) is 11.0 Å². The second kappa shape index (κ2) is 6.33. The summed E-state index contributed by atoms with van der Waals surface area (Å²) in [6.07, 6.45) is 0. The van der Waals surface area contributed by atoms with Gasteiger partial charge >= 0.3 is 0 Å². The molecule has 1 aliphatic rings. The number of halogens is 1. The fourth-order valence-corrected chi connectivity index (χ4v) is 2.17. The Labute approximate surface area is 116 Å². The van der Waals surface area contributed by atoms with Crippen molar-refractivity contribution in [2.75, 3.05) is 32.7 Å². The summed E-state index contributed by atoms with van der Waals surface area (Å²) in [4.78, 5) is 15.9. The zero-order valence-electron chi connectivity index (χ0n) is 11.0. The first-order valence-electron chi connectivity index (χ1n) is 6.34. The fourth-order valence-electron chi connectivity index (χ4n) is 2.17. The van der Waals surface area contributed by atoms with Gasteiger partial charge in [-0.1, -0.05) is 11.2 Å². The monoisotopic (exact) mass is 280 g/mol. The Morgan fingerprint density at radius 2 is 2.05 bits per heavy atom. The summed E-state index contributed by atoms with van der Waals surface area (Å²) in [5, 5.41) is 11.4.